The smallest absolute Gasteiger partial charge is 0.0547 e. The summed E-state index contributed by atoms with van der Waals surface area (Å²) in [6, 6.07) is 83.0. The summed E-state index contributed by atoms with van der Waals surface area (Å²) in [6.07, 6.45) is 0. The summed E-state index contributed by atoms with van der Waals surface area (Å²) in [5, 5.41) is 2.50. The van der Waals surface area contributed by atoms with Crippen LogP contribution in [-0.2, 0) is 0 Å². The molecule has 0 N–H and O–H groups in total. The Morgan fingerprint density at radius 3 is 1.36 bits per heavy atom. The van der Waals surface area contributed by atoms with E-state index in [-0.39, 0.29) is 0 Å². The molecule has 0 fully saturated rings. The van der Waals surface area contributed by atoms with Gasteiger partial charge in [0.2, 0.25) is 0 Å². The molecular weight excluding hydrogens is 677 g/mol. The fourth-order valence-corrected chi connectivity index (χ4v) is 8.15. The van der Waals surface area contributed by atoms with Gasteiger partial charge in [0.05, 0.1) is 16.7 Å². The predicted octanol–water partition coefficient (Wildman–Crippen LogP) is 14.9. The Hall–Kier alpha value is -7.42. The van der Waals surface area contributed by atoms with Gasteiger partial charge in [-0.1, -0.05) is 176 Å². The van der Waals surface area contributed by atoms with Crippen LogP contribution in [-0.4, -0.2) is 4.57 Å². The first kappa shape index (κ1) is 33.2. The zero-order valence-electron chi connectivity index (χ0n) is 30.8. The number of anilines is 3. The third kappa shape index (κ3) is 6.04. The molecule has 264 valence electrons. The van der Waals surface area contributed by atoms with E-state index in [0.29, 0.717) is 0 Å². The van der Waals surface area contributed by atoms with Crippen molar-refractivity contribution < 1.29 is 0 Å². The van der Waals surface area contributed by atoms with Gasteiger partial charge in [-0.05, 0) is 93.5 Å². The topological polar surface area (TPSA) is 8.17 Å². The standard InChI is InChI=1S/C54H38N2/c1-4-16-39(17-5-1)41-28-33-45(34-29-41)55(46-35-30-42(31-36-46)40-18-6-2-7-19-40)52-26-14-12-24-49(52)48-23-11-10-22-47(48)43-32-37-51-50-25-13-15-27-53(50)56(54(51)38-43)44-20-8-3-9-21-44/h1-38H. The maximum absolute atomic E-state index is 2.39. The lowest BCUT2D eigenvalue weighted by atomic mass is 9.92. The Labute approximate surface area is 327 Å². The van der Waals surface area contributed by atoms with Crippen LogP contribution in [0.5, 0.6) is 0 Å². The molecule has 1 heterocycles. The Morgan fingerprint density at radius 1 is 0.286 bits per heavy atom. The third-order valence-corrected chi connectivity index (χ3v) is 10.8. The SMILES string of the molecule is c1ccc(-c2ccc(N(c3ccc(-c4ccccc4)cc3)c3ccccc3-c3ccccc3-c3ccc4c5ccccc5n(-c5ccccc5)c4c3)cc2)cc1. The maximum atomic E-state index is 2.39. The highest BCUT2D eigenvalue weighted by Gasteiger charge is 2.20. The minimum atomic E-state index is 1.09. The van der Waals surface area contributed by atoms with Crippen molar-refractivity contribution in [2.75, 3.05) is 4.90 Å². The molecule has 0 bridgehead atoms. The molecule has 10 rings (SSSR count). The molecule has 0 aliphatic heterocycles. The van der Waals surface area contributed by atoms with Gasteiger partial charge in [0, 0.05) is 33.4 Å². The number of nitrogens with zero attached hydrogens (tertiary/aromatic N) is 2. The number of para-hydroxylation sites is 3. The van der Waals surface area contributed by atoms with Gasteiger partial charge in [-0.15, -0.1) is 0 Å². The molecule has 2 nitrogen and oxygen atoms in total. The summed E-state index contributed by atoms with van der Waals surface area (Å²) in [4.78, 5) is 2.39. The van der Waals surface area contributed by atoms with E-state index in [4.69, 9.17) is 0 Å². The lowest BCUT2D eigenvalue weighted by Crippen LogP contribution is -2.11. The third-order valence-electron chi connectivity index (χ3n) is 10.8. The molecule has 10 aromatic rings. The van der Waals surface area contributed by atoms with E-state index >= 15 is 0 Å². The second-order valence-electron chi connectivity index (χ2n) is 14.1. The molecule has 0 unspecified atom stereocenters. The van der Waals surface area contributed by atoms with Gasteiger partial charge < -0.3 is 9.47 Å². The van der Waals surface area contributed by atoms with Gasteiger partial charge in [-0.25, -0.2) is 0 Å². The molecule has 2 heteroatoms. The van der Waals surface area contributed by atoms with Gasteiger partial charge in [-0.2, -0.15) is 0 Å². The molecule has 56 heavy (non-hydrogen) atoms. The molecule has 1 aromatic heterocycles. The average molecular weight is 715 g/mol. The Bertz CT molecular complexity index is 2840. The van der Waals surface area contributed by atoms with Crippen LogP contribution in [0.3, 0.4) is 0 Å². The predicted molar refractivity (Wildman–Crippen MR) is 237 cm³/mol. The van der Waals surface area contributed by atoms with Crippen molar-refractivity contribution in [3.05, 3.63) is 231 Å². The highest BCUT2D eigenvalue weighted by Crippen LogP contribution is 2.45. The number of aromatic nitrogens is 1. The van der Waals surface area contributed by atoms with Crippen molar-refractivity contribution in [2.24, 2.45) is 0 Å². The fraction of sp³-hybridized carbons (Fsp3) is 0. The molecule has 0 aliphatic carbocycles. The quantitative estimate of drug-likeness (QED) is 0.152. The van der Waals surface area contributed by atoms with Gasteiger partial charge in [0.1, 0.15) is 0 Å². The van der Waals surface area contributed by atoms with Crippen molar-refractivity contribution in [1.29, 1.82) is 0 Å². The maximum Gasteiger partial charge on any atom is 0.0547 e. The lowest BCUT2D eigenvalue weighted by Gasteiger charge is -2.29. The zero-order chi connectivity index (χ0) is 37.3. The minimum Gasteiger partial charge on any atom is -0.310 e. The Morgan fingerprint density at radius 2 is 0.732 bits per heavy atom. The van der Waals surface area contributed by atoms with E-state index < -0.39 is 0 Å². The van der Waals surface area contributed by atoms with Gasteiger partial charge in [0.25, 0.3) is 0 Å². The van der Waals surface area contributed by atoms with Crippen LogP contribution in [0, 0.1) is 0 Å². The van der Waals surface area contributed by atoms with Crippen LogP contribution in [0.15, 0.2) is 231 Å². The Balaban J connectivity index is 1.13. The highest BCUT2D eigenvalue weighted by atomic mass is 15.1. The van der Waals surface area contributed by atoms with Crippen LogP contribution < -0.4 is 4.90 Å². The van der Waals surface area contributed by atoms with Gasteiger partial charge in [-0.3, -0.25) is 0 Å². The molecule has 0 atom stereocenters. The minimum absolute atomic E-state index is 1.09. The van der Waals surface area contributed by atoms with Crippen LogP contribution >= 0.6 is 0 Å². The van der Waals surface area contributed by atoms with E-state index in [9.17, 15) is 0 Å². The van der Waals surface area contributed by atoms with Crippen molar-refractivity contribution in [3.63, 3.8) is 0 Å². The summed E-state index contributed by atoms with van der Waals surface area (Å²) < 4.78 is 2.39. The van der Waals surface area contributed by atoms with E-state index in [0.717, 1.165) is 28.3 Å². The van der Waals surface area contributed by atoms with Crippen LogP contribution in [0.4, 0.5) is 17.1 Å². The largest absolute Gasteiger partial charge is 0.310 e. The number of benzene rings is 9. The van der Waals surface area contributed by atoms with Crippen LogP contribution in [0.1, 0.15) is 0 Å². The summed E-state index contributed by atoms with van der Waals surface area (Å²) in [7, 11) is 0. The molecular formula is C54H38N2. The molecule has 9 aromatic carbocycles. The van der Waals surface area contributed by atoms with Crippen LogP contribution in [0.2, 0.25) is 0 Å². The van der Waals surface area contributed by atoms with Gasteiger partial charge >= 0.3 is 0 Å². The van der Waals surface area contributed by atoms with Crippen LogP contribution in [0.25, 0.3) is 72.0 Å². The second kappa shape index (κ2) is 14.4. The number of hydrogen-bond donors (Lipinski definition) is 0. The molecule has 0 radical (unpaired) electrons. The molecule has 0 amide bonds. The normalized spacial score (nSPS) is 11.2. The summed E-state index contributed by atoms with van der Waals surface area (Å²) in [5.74, 6) is 0. The highest BCUT2D eigenvalue weighted by molar-refractivity contribution is 6.10. The second-order valence-corrected chi connectivity index (χ2v) is 14.1. The summed E-state index contributed by atoms with van der Waals surface area (Å²) >= 11 is 0. The van der Waals surface area contributed by atoms with Crippen molar-refractivity contribution >= 4 is 38.9 Å². The number of rotatable bonds is 8. The first-order valence-electron chi connectivity index (χ1n) is 19.2. The first-order chi connectivity index (χ1) is 27.8. The van der Waals surface area contributed by atoms with Crippen molar-refractivity contribution in [3.8, 4) is 50.2 Å². The molecule has 0 saturated heterocycles. The fourth-order valence-electron chi connectivity index (χ4n) is 8.15. The van der Waals surface area contributed by atoms with E-state index in [1.165, 1.54) is 60.8 Å². The number of fused-ring (bicyclic) bond motifs is 3. The van der Waals surface area contributed by atoms with Crippen molar-refractivity contribution in [1.82, 2.24) is 4.57 Å². The molecule has 0 saturated carbocycles. The Kier molecular flexibility index (Phi) is 8.55. The first-order valence-corrected chi connectivity index (χ1v) is 19.2. The van der Waals surface area contributed by atoms with E-state index in [1.807, 2.05) is 0 Å². The molecule has 0 aliphatic rings. The molecule has 0 spiro atoms. The number of hydrogen-bond acceptors (Lipinski definition) is 1. The zero-order valence-corrected chi connectivity index (χ0v) is 30.8. The monoisotopic (exact) mass is 714 g/mol. The summed E-state index contributed by atoms with van der Waals surface area (Å²) in [5.41, 5.74) is 16.3. The van der Waals surface area contributed by atoms with E-state index in [2.05, 4.69) is 240 Å². The van der Waals surface area contributed by atoms with E-state index in [1.54, 1.807) is 0 Å². The average Bonchev–Trinajstić information content (AvgIpc) is 3.62. The summed E-state index contributed by atoms with van der Waals surface area (Å²) in [6.45, 7) is 0. The van der Waals surface area contributed by atoms with Gasteiger partial charge in [0.15, 0.2) is 0 Å². The van der Waals surface area contributed by atoms with Crippen molar-refractivity contribution in [2.45, 2.75) is 0 Å². The lowest BCUT2D eigenvalue weighted by molar-refractivity contribution is 1.18.